The van der Waals surface area contributed by atoms with Gasteiger partial charge >= 0.3 is 5.97 Å². The summed E-state index contributed by atoms with van der Waals surface area (Å²) in [4.78, 5) is 35.1. The number of anilines is 1. The van der Waals surface area contributed by atoms with Crippen molar-refractivity contribution in [1.29, 1.82) is 0 Å². The Hall–Kier alpha value is -2.63. The van der Waals surface area contributed by atoms with Gasteiger partial charge < -0.3 is 15.7 Å². The van der Waals surface area contributed by atoms with E-state index in [-0.39, 0.29) is 11.8 Å². The lowest BCUT2D eigenvalue weighted by Gasteiger charge is -2.24. The Balaban J connectivity index is 2.13. The predicted molar refractivity (Wildman–Crippen MR) is 81.5 cm³/mol. The molecule has 1 aliphatic carbocycles. The number of hydrogen-bond acceptors (Lipinski definition) is 3. The van der Waals surface area contributed by atoms with Crippen LogP contribution in [0.15, 0.2) is 36.4 Å². The zero-order chi connectivity index (χ0) is 16.1. The standard InChI is InChI=1S/C16H18N2O4/c1-17-14(19)10-5-4-6-11(9-10)18-15(20)12-7-2-3-8-13(12)16(21)22/h2-6,9,12-13H,7-8H2,1H3,(H,17,19)(H,18,20)(H,21,22)/t12-,13+/m1/s1. The molecule has 0 heterocycles. The first-order valence-corrected chi connectivity index (χ1v) is 7.03. The average molecular weight is 302 g/mol. The van der Waals surface area contributed by atoms with E-state index in [9.17, 15) is 19.5 Å². The van der Waals surface area contributed by atoms with Gasteiger partial charge in [0.1, 0.15) is 0 Å². The van der Waals surface area contributed by atoms with Crippen molar-refractivity contribution < 1.29 is 19.5 Å². The van der Waals surface area contributed by atoms with E-state index in [1.807, 2.05) is 6.08 Å². The van der Waals surface area contributed by atoms with E-state index in [4.69, 9.17) is 0 Å². The topological polar surface area (TPSA) is 95.5 Å². The summed E-state index contributed by atoms with van der Waals surface area (Å²) in [5.74, 6) is -2.88. The Morgan fingerprint density at radius 3 is 2.45 bits per heavy atom. The molecule has 2 amide bonds. The molecule has 0 unspecified atom stereocenters. The molecule has 6 heteroatoms. The second-order valence-electron chi connectivity index (χ2n) is 5.14. The molecule has 1 aromatic carbocycles. The summed E-state index contributed by atoms with van der Waals surface area (Å²) in [6.07, 6.45) is 4.36. The first-order valence-electron chi connectivity index (χ1n) is 7.03. The van der Waals surface area contributed by atoms with Crippen LogP contribution in [-0.4, -0.2) is 29.9 Å². The maximum atomic E-state index is 12.3. The van der Waals surface area contributed by atoms with Crippen LogP contribution in [0, 0.1) is 11.8 Å². The molecule has 2 atom stereocenters. The molecule has 116 valence electrons. The van der Waals surface area contributed by atoms with Crippen LogP contribution in [-0.2, 0) is 9.59 Å². The highest BCUT2D eigenvalue weighted by atomic mass is 16.4. The van der Waals surface area contributed by atoms with E-state index in [1.165, 1.54) is 7.05 Å². The minimum Gasteiger partial charge on any atom is -0.481 e. The molecule has 1 aromatic rings. The molecule has 0 fully saturated rings. The second-order valence-corrected chi connectivity index (χ2v) is 5.14. The van der Waals surface area contributed by atoms with Gasteiger partial charge in [0.25, 0.3) is 5.91 Å². The van der Waals surface area contributed by atoms with Gasteiger partial charge in [0.2, 0.25) is 5.91 Å². The Morgan fingerprint density at radius 2 is 1.82 bits per heavy atom. The van der Waals surface area contributed by atoms with Gasteiger partial charge in [0.15, 0.2) is 0 Å². The fraction of sp³-hybridized carbons (Fsp3) is 0.312. The van der Waals surface area contributed by atoms with Crippen molar-refractivity contribution in [2.45, 2.75) is 12.8 Å². The van der Waals surface area contributed by atoms with Crippen LogP contribution in [0.1, 0.15) is 23.2 Å². The predicted octanol–water partition coefficient (Wildman–Crippen LogP) is 1.65. The highest BCUT2D eigenvalue weighted by molar-refractivity contribution is 5.98. The Kier molecular flexibility index (Phi) is 4.93. The van der Waals surface area contributed by atoms with E-state index < -0.39 is 17.8 Å². The van der Waals surface area contributed by atoms with Gasteiger partial charge in [-0.2, -0.15) is 0 Å². The third kappa shape index (κ3) is 3.52. The third-order valence-corrected chi connectivity index (χ3v) is 3.71. The van der Waals surface area contributed by atoms with Crippen LogP contribution in [0.3, 0.4) is 0 Å². The summed E-state index contributed by atoms with van der Waals surface area (Å²) < 4.78 is 0. The van der Waals surface area contributed by atoms with E-state index in [0.717, 1.165) is 0 Å². The lowest BCUT2D eigenvalue weighted by Crippen LogP contribution is -2.34. The van der Waals surface area contributed by atoms with Crippen LogP contribution in [0.25, 0.3) is 0 Å². The minimum absolute atomic E-state index is 0.250. The number of carboxylic acid groups (broad SMARTS) is 1. The van der Waals surface area contributed by atoms with Crippen LogP contribution < -0.4 is 10.6 Å². The van der Waals surface area contributed by atoms with E-state index in [0.29, 0.717) is 24.1 Å². The average Bonchev–Trinajstić information content (AvgIpc) is 2.54. The molecule has 22 heavy (non-hydrogen) atoms. The van der Waals surface area contributed by atoms with Crippen molar-refractivity contribution in [2.24, 2.45) is 11.8 Å². The van der Waals surface area contributed by atoms with Crippen molar-refractivity contribution in [3.63, 3.8) is 0 Å². The number of hydrogen-bond donors (Lipinski definition) is 3. The van der Waals surface area contributed by atoms with E-state index in [1.54, 1.807) is 30.3 Å². The maximum Gasteiger partial charge on any atom is 0.307 e. The largest absolute Gasteiger partial charge is 0.481 e. The molecule has 2 rings (SSSR count). The summed E-state index contributed by atoms with van der Waals surface area (Å²) in [6.45, 7) is 0. The van der Waals surface area contributed by atoms with Crippen molar-refractivity contribution in [2.75, 3.05) is 12.4 Å². The molecule has 0 aliphatic heterocycles. The van der Waals surface area contributed by atoms with Gasteiger partial charge in [-0.1, -0.05) is 18.2 Å². The Bertz CT molecular complexity index is 624. The highest BCUT2D eigenvalue weighted by Gasteiger charge is 2.33. The van der Waals surface area contributed by atoms with Crippen molar-refractivity contribution in [1.82, 2.24) is 5.32 Å². The third-order valence-electron chi connectivity index (χ3n) is 3.71. The van der Waals surface area contributed by atoms with Crippen molar-refractivity contribution >= 4 is 23.5 Å². The molecule has 0 bridgehead atoms. The number of rotatable bonds is 4. The molecule has 0 saturated carbocycles. The molecule has 0 saturated heterocycles. The smallest absolute Gasteiger partial charge is 0.307 e. The van der Waals surface area contributed by atoms with Crippen LogP contribution in [0.2, 0.25) is 0 Å². The second kappa shape index (κ2) is 6.89. The summed E-state index contributed by atoms with van der Waals surface area (Å²) in [7, 11) is 1.53. The summed E-state index contributed by atoms with van der Waals surface area (Å²) in [6, 6.07) is 6.53. The Labute approximate surface area is 128 Å². The summed E-state index contributed by atoms with van der Waals surface area (Å²) >= 11 is 0. The first-order chi connectivity index (χ1) is 10.5. The zero-order valence-corrected chi connectivity index (χ0v) is 12.2. The van der Waals surface area contributed by atoms with E-state index >= 15 is 0 Å². The van der Waals surface area contributed by atoms with Gasteiger partial charge in [0.05, 0.1) is 11.8 Å². The number of carbonyl (C=O) groups excluding carboxylic acids is 2. The first kappa shape index (κ1) is 15.8. The van der Waals surface area contributed by atoms with Gasteiger partial charge in [-0.25, -0.2) is 0 Å². The number of carbonyl (C=O) groups is 3. The fourth-order valence-electron chi connectivity index (χ4n) is 2.49. The van der Waals surface area contributed by atoms with Crippen molar-refractivity contribution in [3.05, 3.63) is 42.0 Å². The molecule has 0 aromatic heterocycles. The number of allylic oxidation sites excluding steroid dienone is 2. The lowest BCUT2D eigenvalue weighted by molar-refractivity contribution is -0.146. The molecule has 0 spiro atoms. The van der Waals surface area contributed by atoms with Crippen LogP contribution in [0.4, 0.5) is 5.69 Å². The fourth-order valence-corrected chi connectivity index (χ4v) is 2.49. The summed E-state index contributed by atoms with van der Waals surface area (Å²) in [5.41, 5.74) is 0.906. The van der Waals surface area contributed by atoms with E-state index in [2.05, 4.69) is 10.6 Å². The quantitative estimate of drug-likeness (QED) is 0.737. The van der Waals surface area contributed by atoms with Gasteiger partial charge in [0, 0.05) is 18.3 Å². The number of benzene rings is 1. The normalized spacial score (nSPS) is 20.2. The zero-order valence-electron chi connectivity index (χ0n) is 12.2. The molecular formula is C16H18N2O4. The number of carboxylic acids is 1. The number of amides is 2. The molecule has 1 aliphatic rings. The van der Waals surface area contributed by atoms with Crippen LogP contribution in [0.5, 0.6) is 0 Å². The lowest BCUT2D eigenvalue weighted by atomic mass is 9.82. The number of aliphatic carboxylic acids is 1. The van der Waals surface area contributed by atoms with Gasteiger partial charge in [-0.15, -0.1) is 0 Å². The molecule has 0 radical (unpaired) electrons. The van der Waals surface area contributed by atoms with Gasteiger partial charge in [-0.3, -0.25) is 14.4 Å². The SMILES string of the molecule is CNC(=O)c1cccc(NC(=O)[C@@H]2CC=CC[C@@H]2C(=O)O)c1. The molecule has 6 nitrogen and oxygen atoms in total. The van der Waals surface area contributed by atoms with Crippen LogP contribution >= 0.6 is 0 Å². The van der Waals surface area contributed by atoms with Gasteiger partial charge in [-0.05, 0) is 31.0 Å². The Morgan fingerprint density at radius 1 is 1.14 bits per heavy atom. The number of nitrogens with one attached hydrogen (secondary N) is 2. The molecule has 3 N–H and O–H groups in total. The monoisotopic (exact) mass is 302 g/mol. The minimum atomic E-state index is -0.969. The maximum absolute atomic E-state index is 12.3. The highest BCUT2D eigenvalue weighted by Crippen LogP contribution is 2.27. The molecular weight excluding hydrogens is 284 g/mol. The summed E-state index contributed by atoms with van der Waals surface area (Å²) in [5, 5.41) is 14.4. The van der Waals surface area contributed by atoms with Crippen molar-refractivity contribution in [3.8, 4) is 0 Å².